The SMILES string of the molecule is Cc1c(O)cccc1OCC(=O)NC(C)C. The molecule has 88 valence electrons. The van der Waals surface area contributed by atoms with Crippen LogP contribution in [-0.4, -0.2) is 23.7 Å². The van der Waals surface area contributed by atoms with Crippen LogP contribution in [0.25, 0.3) is 0 Å². The van der Waals surface area contributed by atoms with E-state index in [9.17, 15) is 9.90 Å². The van der Waals surface area contributed by atoms with E-state index in [1.54, 1.807) is 25.1 Å². The predicted molar refractivity (Wildman–Crippen MR) is 61.6 cm³/mol. The third-order valence-electron chi connectivity index (χ3n) is 2.06. The van der Waals surface area contributed by atoms with Crippen molar-refractivity contribution in [1.82, 2.24) is 5.32 Å². The minimum Gasteiger partial charge on any atom is -0.508 e. The molecule has 16 heavy (non-hydrogen) atoms. The van der Waals surface area contributed by atoms with Gasteiger partial charge in [0.05, 0.1) is 0 Å². The second kappa shape index (κ2) is 5.39. The zero-order chi connectivity index (χ0) is 12.1. The van der Waals surface area contributed by atoms with Crippen molar-refractivity contribution in [2.75, 3.05) is 6.61 Å². The van der Waals surface area contributed by atoms with Gasteiger partial charge in [0.15, 0.2) is 6.61 Å². The fourth-order valence-electron chi connectivity index (χ4n) is 1.27. The average molecular weight is 223 g/mol. The second-order valence-electron chi connectivity index (χ2n) is 3.91. The standard InChI is InChI=1S/C12H17NO3/c1-8(2)13-12(15)7-16-11-6-4-5-10(14)9(11)3/h4-6,8,14H,7H2,1-3H3,(H,13,15). The number of carbonyl (C=O) groups is 1. The first-order chi connectivity index (χ1) is 7.50. The summed E-state index contributed by atoms with van der Waals surface area (Å²) in [7, 11) is 0. The molecule has 0 heterocycles. The Kier molecular flexibility index (Phi) is 4.17. The van der Waals surface area contributed by atoms with Crippen LogP contribution in [0.1, 0.15) is 19.4 Å². The van der Waals surface area contributed by atoms with Crippen LogP contribution >= 0.6 is 0 Å². The Morgan fingerprint density at radius 3 is 2.81 bits per heavy atom. The van der Waals surface area contributed by atoms with Gasteiger partial charge in [0.25, 0.3) is 5.91 Å². The first-order valence-corrected chi connectivity index (χ1v) is 5.21. The third kappa shape index (κ3) is 3.46. The molecule has 1 aromatic carbocycles. The lowest BCUT2D eigenvalue weighted by Crippen LogP contribution is -2.34. The van der Waals surface area contributed by atoms with Crippen LogP contribution in [-0.2, 0) is 4.79 Å². The lowest BCUT2D eigenvalue weighted by Gasteiger charge is -2.11. The predicted octanol–water partition coefficient (Wildman–Crippen LogP) is 1.60. The van der Waals surface area contributed by atoms with Crippen LogP contribution in [0.2, 0.25) is 0 Å². The molecule has 0 fully saturated rings. The molecular formula is C12H17NO3. The Morgan fingerprint density at radius 2 is 2.19 bits per heavy atom. The molecule has 0 aromatic heterocycles. The van der Waals surface area contributed by atoms with E-state index < -0.39 is 0 Å². The molecular weight excluding hydrogens is 206 g/mol. The van der Waals surface area contributed by atoms with Crippen LogP contribution in [0.15, 0.2) is 18.2 Å². The van der Waals surface area contributed by atoms with Gasteiger partial charge in [0.1, 0.15) is 11.5 Å². The maximum atomic E-state index is 11.3. The highest BCUT2D eigenvalue weighted by Gasteiger charge is 2.07. The van der Waals surface area contributed by atoms with E-state index in [0.717, 1.165) is 0 Å². The molecule has 0 aliphatic carbocycles. The van der Waals surface area contributed by atoms with Crippen molar-refractivity contribution in [2.24, 2.45) is 0 Å². The summed E-state index contributed by atoms with van der Waals surface area (Å²) < 4.78 is 5.31. The number of carbonyl (C=O) groups excluding carboxylic acids is 1. The van der Waals surface area contributed by atoms with Gasteiger partial charge in [0.2, 0.25) is 0 Å². The highest BCUT2D eigenvalue weighted by atomic mass is 16.5. The third-order valence-corrected chi connectivity index (χ3v) is 2.06. The van der Waals surface area contributed by atoms with E-state index in [-0.39, 0.29) is 24.3 Å². The number of benzene rings is 1. The largest absolute Gasteiger partial charge is 0.508 e. The minimum absolute atomic E-state index is 0.0392. The van der Waals surface area contributed by atoms with Crippen LogP contribution in [0.3, 0.4) is 0 Å². The lowest BCUT2D eigenvalue weighted by molar-refractivity contribution is -0.123. The van der Waals surface area contributed by atoms with E-state index in [4.69, 9.17) is 4.74 Å². The van der Waals surface area contributed by atoms with Gasteiger partial charge in [-0.3, -0.25) is 4.79 Å². The van der Waals surface area contributed by atoms with Crippen molar-refractivity contribution in [1.29, 1.82) is 0 Å². The summed E-state index contributed by atoms with van der Waals surface area (Å²) >= 11 is 0. The van der Waals surface area contributed by atoms with Crippen molar-refractivity contribution >= 4 is 5.91 Å². The maximum absolute atomic E-state index is 11.3. The molecule has 0 spiro atoms. The summed E-state index contributed by atoms with van der Waals surface area (Å²) in [6.45, 7) is 5.47. The molecule has 0 radical (unpaired) electrons. The summed E-state index contributed by atoms with van der Waals surface area (Å²) in [5.41, 5.74) is 0.639. The normalized spacial score (nSPS) is 10.2. The van der Waals surface area contributed by atoms with Gasteiger partial charge < -0.3 is 15.2 Å². The van der Waals surface area contributed by atoms with E-state index in [2.05, 4.69) is 5.32 Å². The number of phenolic OH excluding ortho intramolecular Hbond substituents is 1. The smallest absolute Gasteiger partial charge is 0.258 e. The van der Waals surface area contributed by atoms with Crippen LogP contribution in [0, 0.1) is 6.92 Å². The van der Waals surface area contributed by atoms with Crippen molar-refractivity contribution in [3.8, 4) is 11.5 Å². The number of ether oxygens (including phenoxy) is 1. The molecule has 0 aliphatic rings. The fraction of sp³-hybridized carbons (Fsp3) is 0.417. The van der Waals surface area contributed by atoms with Crippen molar-refractivity contribution in [2.45, 2.75) is 26.8 Å². The van der Waals surface area contributed by atoms with Gasteiger partial charge in [-0.05, 0) is 32.9 Å². The number of hydrogen-bond acceptors (Lipinski definition) is 3. The zero-order valence-electron chi connectivity index (χ0n) is 9.78. The van der Waals surface area contributed by atoms with E-state index in [1.807, 2.05) is 13.8 Å². The molecule has 1 aromatic rings. The molecule has 0 unspecified atom stereocenters. The average Bonchev–Trinajstić information content (AvgIpc) is 2.19. The van der Waals surface area contributed by atoms with Crippen molar-refractivity contribution in [3.63, 3.8) is 0 Å². The minimum atomic E-state index is -0.169. The second-order valence-corrected chi connectivity index (χ2v) is 3.91. The van der Waals surface area contributed by atoms with Crippen molar-refractivity contribution < 1.29 is 14.6 Å². The molecule has 1 rings (SSSR count). The zero-order valence-corrected chi connectivity index (χ0v) is 9.78. The first-order valence-electron chi connectivity index (χ1n) is 5.21. The summed E-state index contributed by atoms with van der Waals surface area (Å²) in [5.74, 6) is 0.526. The summed E-state index contributed by atoms with van der Waals surface area (Å²) in [6, 6.07) is 5.08. The number of nitrogens with one attached hydrogen (secondary N) is 1. The highest BCUT2D eigenvalue weighted by molar-refractivity contribution is 5.77. The van der Waals surface area contributed by atoms with Crippen LogP contribution in [0.4, 0.5) is 0 Å². The summed E-state index contributed by atoms with van der Waals surface area (Å²) in [4.78, 5) is 11.3. The molecule has 4 heteroatoms. The van der Waals surface area contributed by atoms with Gasteiger partial charge in [-0.2, -0.15) is 0 Å². The molecule has 0 bridgehead atoms. The highest BCUT2D eigenvalue weighted by Crippen LogP contribution is 2.25. The van der Waals surface area contributed by atoms with Crippen LogP contribution < -0.4 is 10.1 Å². The topological polar surface area (TPSA) is 58.6 Å². The van der Waals surface area contributed by atoms with E-state index in [1.165, 1.54) is 0 Å². The summed E-state index contributed by atoms with van der Waals surface area (Å²) in [6.07, 6.45) is 0. The summed E-state index contributed by atoms with van der Waals surface area (Å²) in [5, 5.41) is 12.2. The number of rotatable bonds is 4. The number of hydrogen-bond donors (Lipinski definition) is 2. The molecule has 1 amide bonds. The molecule has 0 atom stereocenters. The number of amides is 1. The van der Waals surface area contributed by atoms with Crippen molar-refractivity contribution in [3.05, 3.63) is 23.8 Å². The Hall–Kier alpha value is -1.71. The fourth-order valence-corrected chi connectivity index (χ4v) is 1.27. The Morgan fingerprint density at radius 1 is 1.50 bits per heavy atom. The first kappa shape index (κ1) is 12.4. The monoisotopic (exact) mass is 223 g/mol. The molecule has 0 saturated heterocycles. The molecule has 0 aliphatic heterocycles. The van der Waals surface area contributed by atoms with E-state index >= 15 is 0 Å². The quantitative estimate of drug-likeness (QED) is 0.815. The van der Waals surface area contributed by atoms with Gasteiger partial charge in [0, 0.05) is 11.6 Å². The van der Waals surface area contributed by atoms with Gasteiger partial charge in [-0.25, -0.2) is 0 Å². The Balaban J connectivity index is 2.55. The van der Waals surface area contributed by atoms with Gasteiger partial charge in [-0.15, -0.1) is 0 Å². The molecule has 2 N–H and O–H groups in total. The van der Waals surface area contributed by atoms with Gasteiger partial charge >= 0.3 is 0 Å². The number of aromatic hydroxyl groups is 1. The van der Waals surface area contributed by atoms with E-state index in [0.29, 0.717) is 11.3 Å². The lowest BCUT2D eigenvalue weighted by atomic mass is 10.2. The van der Waals surface area contributed by atoms with Crippen LogP contribution in [0.5, 0.6) is 11.5 Å². The Bertz CT molecular complexity index is 375. The Labute approximate surface area is 95.2 Å². The maximum Gasteiger partial charge on any atom is 0.258 e. The molecule has 4 nitrogen and oxygen atoms in total. The number of phenols is 1. The van der Waals surface area contributed by atoms with Gasteiger partial charge in [-0.1, -0.05) is 6.07 Å². The molecule has 0 saturated carbocycles.